The zero-order valence-electron chi connectivity index (χ0n) is 14.2. The van der Waals surface area contributed by atoms with E-state index in [1.807, 2.05) is 0 Å². The van der Waals surface area contributed by atoms with Gasteiger partial charge >= 0.3 is 5.97 Å². The van der Waals surface area contributed by atoms with Crippen LogP contribution in [0.15, 0.2) is 34.9 Å². The van der Waals surface area contributed by atoms with E-state index in [0.29, 0.717) is 39.5 Å². The van der Waals surface area contributed by atoms with Crippen LogP contribution < -0.4 is 5.32 Å². The van der Waals surface area contributed by atoms with Gasteiger partial charge in [-0.15, -0.1) is 0 Å². The summed E-state index contributed by atoms with van der Waals surface area (Å²) in [6.45, 7) is 1.77. The Kier molecular flexibility index (Phi) is 3.91. The summed E-state index contributed by atoms with van der Waals surface area (Å²) in [4.78, 5) is 28.2. The van der Waals surface area contributed by atoms with Crippen molar-refractivity contribution in [2.24, 2.45) is 0 Å². The highest BCUT2D eigenvalue weighted by molar-refractivity contribution is 6.12. The number of fused-ring (bicyclic) bond motifs is 1. The maximum Gasteiger partial charge on any atom is 0.307 e. The number of aromatic nitrogens is 2. The fraction of sp³-hybridized carbons (Fsp3) is 0.263. The summed E-state index contributed by atoms with van der Waals surface area (Å²) in [5.41, 5.74) is 3.46. The molecule has 4 rings (SSSR count). The van der Waals surface area contributed by atoms with Crippen LogP contribution in [0.2, 0.25) is 0 Å². The van der Waals surface area contributed by atoms with Crippen molar-refractivity contribution in [2.75, 3.05) is 5.32 Å². The second-order valence-corrected chi connectivity index (χ2v) is 6.54. The minimum Gasteiger partial charge on any atom is -0.481 e. The van der Waals surface area contributed by atoms with E-state index in [1.165, 1.54) is 0 Å². The molecule has 1 saturated carbocycles. The number of rotatable bonds is 5. The van der Waals surface area contributed by atoms with Gasteiger partial charge in [-0.2, -0.15) is 0 Å². The molecule has 0 spiro atoms. The molecule has 132 valence electrons. The Morgan fingerprint density at radius 1 is 1.31 bits per heavy atom. The molecule has 1 aliphatic rings. The van der Waals surface area contributed by atoms with Crippen molar-refractivity contribution in [3.8, 4) is 0 Å². The molecule has 1 fully saturated rings. The van der Waals surface area contributed by atoms with E-state index >= 15 is 0 Å². The molecule has 0 saturated heterocycles. The molecule has 26 heavy (non-hydrogen) atoms. The van der Waals surface area contributed by atoms with Crippen LogP contribution in [0.5, 0.6) is 0 Å². The van der Waals surface area contributed by atoms with Crippen molar-refractivity contribution in [1.82, 2.24) is 10.1 Å². The first-order valence-corrected chi connectivity index (χ1v) is 8.40. The predicted molar refractivity (Wildman–Crippen MR) is 94.3 cm³/mol. The van der Waals surface area contributed by atoms with Gasteiger partial charge in [0, 0.05) is 17.3 Å². The summed E-state index contributed by atoms with van der Waals surface area (Å²) >= 11 is 0. The number of aryl methyl sites for hydroxylation is 1. The molecule has 3 aromatic rings. The highest BCUT2D eigenvalue weighted by Gasteiger charge is 2.28. The lowest BCUT2D eigenvalue weighted by molar-refractivity contribution is -0.136. The largest absolute Gasteiger partial charge is 0.481 e. The number of carboxylic acid groups (broad SMARTS) is 1. The summed E-state index contributed by atoms with van der Waals surface area (Å²) in [5, 5.41) is 16.3. The first-order valence-electron chi connectivity index (χ1n) is 8.40. The number of pyridine rings is 1. The van der Waals surface area contributed by atoms with Crippen LogP contribution in [0, 0.1) is 6.92 Å². The van der Waals surface area contributed by atoms with Crippen LogP contribution in [-0.2, 0) is 11.2 Å². The third-order valence-corrected chi connectivity index (χ3v) is 4.42. The van der Waals surface area contributed by atoms with Crippen molar-refractivity contribution in [3.05, 3.63) is 52.8 Å². The minimum absolute atomic E-state index is 0.0974. The zero-order valence-corrected chi connectivity index (χ0v) is 14.2. The second kappa shape index (κ2) is 6.25. The maximum atomic E-state index is 12.9. The molecule has 0 atom stereocenters. The van der Waals surface area contributed by atoms with Gasteiger partial charge in [0.25, 0.3) is 11.6 Å². The van der Waals surface area contributed by atoms with Crippen LogP contribution in [0.4, 0.5) is 5.69 Å². The first-order chi connectivity index (χ1) is 12.5. The number of hydrogen-bond donors (Lipinski definition) is 2. The van der Waals surface area contributed by atoms with E-state index < -0.39 is 5.97 Å². The molecule has 2 aromatic heterocycles. The van der Waals surface area contributed by atoms with Crippen LogP contribution >= 0.6 is 0 Å². The lowest BCUT2D eigenvalue weighted by atomic mass is 10.1. The third kappa shape index (κ3) is 3.15. The molecule has 1 amide bonds. The number of anilines is 1. The van der Waals surface area contributed by atoms with Gasteiger partial charge in [-0.1, -0.05) is 17.3 Å². The average Bonchev–Trinajstić information content (AvgIpc) is 3.38. The molecule has 2 heterocycles. The minimum atomic E-state index is -0.918. The zero-order chi connectivity index (χ0) is 18.3. The van der Waals surface area contributed by atoms with Crippen LogP contribution in [0.3, 0.4) is 0 Å². The summed E-state index contributed by atoms with van der Waals surface area (Å²) in [6, 6.07) is 8.62. The van der Waals surface area contributed by atoms with Crippen molar-refractivity contribution in [1.29, 1.82) is 0 Å². The number of nitrogens with zero attached hydrogens (tertiary/aromatic N) is 2. The van der Waals surface area contributed by atoms with Crippen LogP contribution in [0.1, 0.15) is 46.1 Å². The molecule has 7 nitrogen and oxygen atoms in total. The molecule has 2 N–H and O–H groups in total. The Labute approximate surface area is 149 Å². The Morgan fingerprint density at radius 2 is 2.12 bits per heavy atom. The topological polar surface area (TPSA) is 105 Å². The van der Waals surface area contributed by atoms with Gasteiger partial charge in [0.1, 0.15) is 0 Å². The monoisotopic (exact) mass is 351 g/mol. The fourth-order valence-electron chi connectivity index (χ4n) is 3.01. The van der Waals surface area contributed by atoms with E-state index in [1.54, 1.807) is 37.3 Å². The number of benzene rings is 1. The van der Waals surface area contributed by atoms with Gasteiger partial charge in [-0.25, -0.2) is 4.98 Å². The van der Waals surface area contributed by atoms with Gasteiger partial charge < -0.3 is 14.9 Å². The Balaban J connectivity index is 1.68. The van der Waals surface area contributed by atoms with Crippen LogP contribution in [-0.4, -0.2) is 27.1 Å². The first kappa shape index (κ1) is 16.3. The quantitative estimate of drug-likeness (QED) is 0.731. The van der Waals surface area contributed by atoms with Crippen molar-refractivity contribution in [3.63, 3.8) is 0 Å². The SMILES string of the molecule is Cc1noc2nc(C3CC3)cc(C(=O)Nc3cccc(CC(=O)O)c3)c12. The van der Waals surface area contributed by atoms with Crippen molar-refractivity contribution in [2.45, 2.75) is 32.1 Å². The number of carboxylic acids is 1. The molecule has 1 aliphatic carbocycles. The van der Waals surface area contributed by atoms with E-state index in [0.717, 1.165) is 18.5 Å². The summed E-state index contributed by atoms with van der Waals surface area (Å²) in [5.74, 6) is -0.841. The van der Waals surface area contributed by atoms with Gasteiger partial charge in [0.2, 0.25) is 0 Å². The Bertz CT molecular complexity index is 1020. The van der Waals surface area contributed by atoms with Crippen molar-refractivity contribution >= 4 is 28.7 Å². The Hall–Kier alpha value is -3.22. The second-order valence-electron chi connectivity index (χ2n) is 6.54. The van der Waals surface area contributed by atoms with Gasteiger partial charge in [-0.05, 0) is 43.5 Å². The highest BCUT2D eigenvalue weighted by Crippen LogP contribution is 2.40. The number of aliphatic carboxylic acids is 1. The number of hydrogen-bond acceptors (Lipinski definition) is 5. The lowest BCUT2D eigenvalue weighted by Gasteiger charge is -2.09. The maximum absolute atomic E-state index is 12.9. The lowest BCUT2D eigenvalue weighted by Crippen LogP contribution is -2.14. The molecule has 1 aromatic carbocycles. The molecule has 0 unspecified atom stereocenters. The van der Waals surface area contributed by atoms with Gasteiger partial charge in [-0.3, -0.25) is 9.59 Å². The summed E-state index contributed by atoms with van der Waals surface area (Å²) in [7, 11) is 0. The van der Waals surface area contributed by atoms with E-state index in [4.69, 9.17) is 9.63 Å². The molecule has 0 bridgehead atoms. The predicted octanol–water partition coefficient (Wildman–Crippen LogP) is 3.29. The fourth-order valence-corrected chi connectivity index (χ4v) is 3.01. The third-order valence-electron chi connectivity index (χ3n) is 4.42. The number of amides is 1. The normalized spacial score (nSPS) is 13.7. The molecule has 7 heteroatoms. The Morgan fingerprint density at radius 3 is 2.85 bits per heavy atom. The number of carbonyl (C=O) groups excluding carboxylic acids is 1. The number of nitrogens with one attached hydrogen (secondary N) is 1. The van der Waals surface area contributed by atoms with Gasteiger partial charge in [0.15, 0.2) is 0 Å². The standard InChI is InChI=1S/C19H17N3O4/c1-10-17-14(9-15(12-5-6-12)21-19(17)26-22-10)18(25)20-13-4-2-3-11(7-13)8-16(23)24/h2-4,7,9,12H,5-6,8H2,1H3,(H,20,25)(H,23,24). The van der Waals surface area contributed by atoms with Gasteiger partial charge in [0.05, 0.1) is 23.1 Å². The average molecular weight is 351 g/mol. The van der Waals surface area contributed by atoms with E-state index in [9.17, 15) is 9.59 Å². The molecular weight excluding hydrogens is 334 g/mol. The summed E-state index contributed by atoms with van der Waals surface area (Å²) < 4.78 is 5.26. The summed E-state index contributed by atoms with van der Waals surface area (Å²) in [6.07, 6.45) is 2.02. The molecule has 0 aliphatic heterocycles. The highest BCUT2D eigenvalue weighted by atomic mass is 16.5. The van der Waals surface area contributed by atoms with E-state index in [2.05, 4.69) is 15.5 Å². The smallest absolute Gasteiger partial charge is 0.307 e. The van der Waals surface area contributed by atoms with E-state index in [-0.39, 0.29) is 12.3 Å². The molecular formula is C19H17N3O4. The molecule has 0 radical (unpaired) electrons. The van der Waals surface area contributed by atoms with Crippen molar-refractivity contribution < 1.29 is 19.2 Å². The van der Waals surface area contributed by atoms with Crippen LogP contribution in [0.25, 0.3) is 11.1 Å². The number of carbonyl (C=O) groups is 2.